The maximum atomic E-state index is 4.96. The van der Waals surface area contributed by atoms with Crippen molar-refractivity contribution in [2.75, 3.05) is 26.2 Å². The molecule has 0 spiro atoms. The van der Waals surface area contributed by atoms with Crippen LogP contribution in [0.4, 0.5) is 5.69 Å². The molecule has 0 amide bonds. The first kappa shape index (κ1) is 19.9. The Balaban J connectivity index is 1.20. The highest BCUT2D eigenvalue weighted by molar-refractivity contribution is 6.08. The van der Waals surface area contributed by atoms with E-state index in [1.807, 2.05) is 0 Å². The summed E-state index contributed by atoms with van der Waals surface area (Å²) in [5.74, 6) is 2.01. The van der Waals surface area contributed by atoms with Gasteiger partial charge in [0.25, 0.3) is 0 Å². The number of nitrogens with zero attached hydrogens (tertiary/aromatic N) is 3. The second-order valence-corrected chi connectivity index (χ2v) is 8.75. The van der Waals surface area contributed by atoms with Gasteiger partial charge in [-0.25, -0.2) is 0 Å². The molecule has 3 aliphatic rings. The topological polar surface area (TPSA) is 61.1 Å². The van der Waals surface area contributed by atoms with Crippen LogP contribution in [0.1, 0.15) is 35.1 Å². The minimum atomic E-state index is 0.874. The van der Waals surface area contributed by atoms with Crippen LogP contribution in [0.25, 0.3) is 11.1 Å². The summed E-state index contributed by atoms with van der Waals surface area (Å²) in [6.45, 7) is 3.80. The smallest absolute Gasteiger partial charge is 0.128 e. The normalized spacial score (nSPS) is 17.3. The largest absolute Gasteiger partial charge is 0.370 e. The van der Waals surface area contributed by atoms with E-state index in [4.69, 9.17) is 4.99 Å². The van der Waals surface area contributed by atoms with E-state index >= 15 is 0 Å². The average Bonchev–Trinajstić information content (AvgIpc) is 3.33. The van der Waals surface area contributed by atoms with Crippen LogP contribution in [-0.4, -0.2) is 43.6 Å². The molecule has 0 aromatic heterocycles. The Morgan fingerprint density at radius 2 is 1.12 bits per heavy atom. The van der Waals surface area contributed by atoms with E-state index in [2.05, 4.69) is 87.3 Å². The molecule has 0 bridgehead atoms. The Morgan fingerprint density at radius 1 is 0.576 bits per heavy atom. The highest BCUT2D eigenvalue weighted by Crippen LogP contribution is 2.31. The maximum absolute atomic E-state index is 4.96. The lowest BCUT2D eigenvalue weighted by molar-refractivity contribution is 0.742. The van der Waals surface area contributed by atoms with E-state index in [0.717, 1.165) is 79.6 Å². The molecule has 0 atom stereocenters. The summed E-state index contributed by atoms with van der Waals surface area (Å²) in [5, 5.41) is 6.79. The van der Waals surface area contributed by atoms with Crippen LogP contribution in [0.3, 0.4) is 0 Å². The number of amidine groups is 2. The monoisotopic (exact) mass is 433 g/mol. The van der Waals surface area contributed by atoms with E-state index in [0.29, 0.717) is 0 Å². The van der Waals surface area contributed by atoms with E-state index in [1.165, 1.54) is 22.3 Å². The van der Waals surface area contributed by atoms with E-state index in [-0.39, 0.29) is 0 Å². The molecular weight excluding hydrogens is 406 g/mol. The third-order valence-electron chi connectivity index (χ3n) is 6.48. The number of rotatable bonds is 4. The second kappa shape index (κ2) is 8.66. The summed E-state index contributed by atoms with van der Waals surface area (Å²) in [7, 11) is 0. The number of aliphatic imine (C=N–C) groups is 3. The fourth-order valence-corrected chi connectivity index (χ4v) is 4.62. The molecule has 3 heterocycles. The fraction of sp³-hybridized carbons (Fsp3) is 0.250. The molecule has 0 radical (unpaired) electrons. The van der Waals surface area contributed by atoms with E-state index in [9.17, 15) is 0 Å². The number of hydrogen-bond donors (Lipinski definition) is 2. The SMILES string of the molecule is c1cc(-c2ccc(C3=NCCCN3)cc2)ccc1C1=Nc2cc(C3=NCCCN3)ccc2C1. The molecule has 3 aliphatic heterocycles. The third-order valence-corrected chi connectivity index (χ3v) is 6.48. The van der Waals surface area contributed by atoms with Crippen molar-refractivity contribution in [1.82, 2.24) is 10.6 Å². The molecule has 164 valence electrons. The van der Waals surface area contributed by atoms with Gasteiger partial charge in [-0.15, -0.1) is 0 Å². The molecule has 33 heavy (non-hydrogen) atoms. The molecular formula is C28H27N5. The standard InChI is InChI=1S/C28H27N5/c1-13-29-27(30-14-1)22-9-5-20(6-10-22)19-3-7-21(8-4-19)25-17-23-11-12-24(18-26(23)33-25)28-31-15-2-16-32-28/h3-12,18H,1-2,13-17H2,(H,29,30)(H,31,32). The van der Waals surface area contributed by atoms with Crippen molar-refractivity contribution in [2.24, 2.45) is 15.0 Å². The molecule has 0 saturated carbocycles. The van der Waals surface area contributed by atoms with Gasteiger partial charge in [0.2, 0.25) is 0 Å². The van der Waals surface area contributed by atoms with Gasteiger partial charge in [-0.05, 0) is 41.2 Å². The van der Waals surface area contributed by atoms with Crippen molar-refractivity contribution in [3.05, 3.63) is 89.0 Å². The zero-order valence-corrected chi connectivity index (χ0v) is 18.6. The predicted molar refractivity (Wildman–Crippen MR) is 136 cm³/mol. The van der Waals surface area contributed by atoms with Crippen LogP contribution < -0.4 is 10.6 Å². The lowest BCUT2D eigenvalue weighted by Gasteiger charge is -2.15. The summed E-state index contributed by atoms with van der Waals surface area (Å²) in [5.41, 5.74) is 9.37. The zero-order chi connectivity index (χ0) is 22.0. The van der Waals surface area contributed by atoms with Gasteiger partial charge in [0.05, 0.1) is 11.4 Å². The molecule has 3 aromatic rings. The van der Waals surface area contributed by atoms with Gasteiger partial charge in [-0.3, -0.25) is 15.0 Å². The highest BCUT2D eigenvalue weighted by Gasteiger charge is 2.18. The molecule has 5 heteroatoms. The Labute approximate surface area is 194 Å². The first-order valence-electron chi connectivity index (χ1n) is 11.8. The predicted octanol–water partition coefficient (Wildman–Crippen LogP) is 4.51. The van der Waals surface area contributed by atoms with Gasteiger partial charge in [0.1, 0.15) is 11.7 Å². The molecule has 5 nitrogen and oxygen atoms in total. The highest BCUT2D eigenvalue weighted by atomic mass is 15.0. The van der Waals surface area contributed by atoms with E-state index < -0.39 is 0 Å². The first-order valence-corrected chi connectivity index (χ1v) is 11.8. The number of fused-ring (bicyclic) bond motifs is 1. The van der Waals surface area contributed by atoms with Gasteiger partial charge >= 0.3 is 0 Å². The lowest BCUT2D eigenvalue weighted by atomic mass is 9.99. The Morgan fingerprint density at radius 3 is 1.73 bits per heavy atom. The fourth-order valence-electron chi connectivity index (χ4n) is 4.62. The van der Waals surface area contributed by atoms with Gasteiger partial charge in [0, 0.05) is 43.7 Å². The van der Waals surface area contributed by atoms with Crippen LogP contribution >= 0.6 is 0 Å². The van der Waals surface area contributed by atoms with Crippen LogP contribution in [0.5, 0.6) is 0 Å². The summed E-state index contributed by atoms with van der Waals surface area (Å²) in [6.07, 6.45) is 3.08. The Hall–Kier alpha value is -3.73. The summed E-state index contributed by atoms with van der Waals surface area (Å²) in [4.78, 5) is 14.2. The molecule has 0 fully saturated rings. The molecule has 0 unspecified atom stereocenters. The Bertz CT molecular complexity index is 1270. The quantitative estimate of drug-likeness (QED) is 0.636. The zero-order valence-electron chi connectivity index (χ0n) is 18.6. The van der Waals surface area contributed by atoms with Crippen LogP contribution in [0, 0.1) is 0 Å². The third kappa shape index (κ3) is 4.07. The minimum absolute atomic E-state index is 0.874. The van der Waals surface area contributed by atoms with Gasteiger partial charge < -0.3 is 10.6 Å². The van der Waals surface area contributed by atoms with Crippen molar-refractivity contribution in [2.45, 2.75) is 19.3 Å². The molecule has 3 aromatic carbocycles. The first-order chi connectivity index (χ1) is 16.3. The molecule has 6 rings (SSSR count). The molecule has 2 N–H and O–H groups in total. The van der Waals surface area contributed by atoms with Crippen molar-refractivity contribution < 1.29 is 0 Å². The van der Waals surface area contributed by atoms with Crippen LogP contribution in [0.15, 0.2) is 81.7 Å². The minimum Gasteiger partial charge on any atom is -0.370 e. The summed E-state index contributed by atoms with van der Waals surface area (Å²) in [6, 6.07) is 23.9. The van der Waals surface area contributed by atoms with Gasteiger partial charge in [-0.1, -0.05) is 60.7 Å². The molecule has 0 saturated heterocycles. The van der Waals surface area contributed by atoms with E-state index in [1.54, 1.807) is 0 Å². The lowest BCUT2D eigenvalue weighted by Crippen LogP contribution is -2.30. The summed E-state index contributed by atoms with van der Waals surface area (Å²) < 4.78 is 0. The van der Waals surface area contributed by atoms with Crippen molar-refractivity contribution in [3.8, 4) is 11.1 Å². The van der Waals surface area contributed by atoms with Crippen molar-refractivity contribution in [3.63, 3.8) is 0 Å². The molecule has 0 aliphatic carbocycles. The van der Waals surface area contributed by atoms with Gasteiger partial charge in [-0.2, -0.15) is 0 Å². The van der Waals surface area contributed by atoms with Crippen molar-refractivity contribution >= 4 is 23.1 Å². The Kier molecular flexibility index (Phi) is 5.23. The van der Waals surface area contributed by atoms with Crippen LogP contribution in [-0.2, 0) is 6.42 Å². The maximum Gasteiger partial charge on any atom is 0.128 e. The van der Waals surface area contributed by atoms with Crippen LogP contribution in [0.2, 0.25) is 0 Å². The average molecular weight is 434 g/mol. The van der Waals surface area contributed by atoms with Crippen molar-refractivity contribution in [1.29, 1.82) is 0 Å². The summed E-state index contributed by atoms with van der Waals surface area (Å²) >= 11 is 0. The van der Waals surface area contributed by atoms with Gasteiger partial charge in [0.15, 0.2) is 0 Å². The second-order valence-electron chi connectivity index (χ2n) is 8.75. The number of nitrogens with one attached hydrogen (secondary N) is 2. The number of benzene rings is 3. The number of hydrogen-bond acceptors (Lipinski definition) is 5.